The molecule has 0 spiro atoms. The van der Waals surface area contributed by atoms with E-state index < -0.39 is 79.0 Å². The van der Waals surface area contributed by atoms with Gasteiger partial charge in [-0.05, 0) is 12.8 Å². The molecule has 0 rings (SSSR count). The largest absolute Gasteiger partial charge is 0.481 e. The van der Waals surface area contributed by atoms with Gasteiger partial charge < -0.3 is 43.4 Å². The summed E-state index contributed by atoms with van der Waals surface area (Å²) >= 11 is 0. The summed E-state index contributed by atoms with van der Waals surface area (Å²) in [5, 5.41) is 24.2. The van der Waals surface area contributed by atoms with Crippen molar-refractivity contribution in [2.45, 2.75) is 50.2 Å². The lowest BCUT2D eigenvalue weighted by Crippen LogP contribution is -2.54. The van der Waals surface area contributed by atoms with Crippen molar-refractivity contribution in [3.8, 4) is 0 Å². The minimum atomic E-state index is -1.42. The van der Waals surface area contributed by atoms with Crippen molar-refractivity contribution >= 4 is 41.5 Å². The van der Waals surface area contributed by atoms with Crippen molar-refractivity contribution in [1.82, 2.24) is 16.0 Å². The van der Waals surface area contributed by atoms with Crippen molar-refractivity contribution in [3.63, 3.8) is 0 Å². The van der Waals surface area contributed by atoms with Gasteiger partial charge in [0.15, 0.2) is 0 Å². The van der Waals surface area contributed by atoms with E-state index in [1.807, 2.05) is 0 Å². The van der Waals surface area contributed by atoms with Gasteiger partial charge in [0.25, 0.3) is 0 Å². The van der Waals surface area contributed by atoms with Crippen LogP contribution in [-0.2, 0) is 33.6 Å². The number of hydrogen-bond acceptors (Lipinski definition) is 8. The molecule has 174 valence electrons. The van der Waals surface area contributed by atoms with Gasteiger partial charge in [-0.2, -0.15) is 0 Å². The quantitative estimate of drug-likeness (QED) is 0.119. The zero-order chi connectivity index (χ0) is 24.1. The number of rotatable bonds is 15. The van der Waals surface area contributed by atoms with Crippen LogP contribution in [0, 0.1) is 0 Å². The first-order chi connectivity index (χ1) is 14.3. The van der Waals surface area contributed by atoms with Crippen LogP contribution in [0.4, 0.5) is 0 Å². The Morgan fingerprint density at radius 2 is 1.35 bits per heavy atom. The molecule has 0 aliphatic heterocycles. The van der Waals surface area contributed by atoms with Gasteiger partial charge in [0, 0.05) is 12.8 Å². The van der Waals surface area contributed by atoms with Crippen LogP contribution in [0.5, 0.6) is 0 Å². The predicted octanol–water partition coefficient (Wildman–Crippen LogP) is -4.51. The number of aliphatic carboxylic acids is 2. The molecule has 31 heavy (non-hydrogen) atoms. The summed E-state index contributed by atoms with van der Waals surface area (Å²) < 4.78 is 0. The Labute approximate surface area is 176 Å². The summed E-state index contributed by atoms with van der Waals surface area (Å²) in [4.78, 5) is 79.6. The van der Waals surface area contributed by atoms with Crippen molar-refractivity contribution < 1.29 is 43.8 Å². The number of hydrogen-bond donors (Lipinski definition) is 8. The average Bonchev–Trinajstić information content (AvgIpc) is 2.64. The topological polar surface area (TPSA) is 274 Å². The Hall–Kier alpha value is -3.75. The molecule has 0 aromatic rings. The van der Waals surface area contributed by atoms with Crippen LogP contribution in [0.2, 0.25) is 0 Å². The van der Waals surface area contributed by atoms with Gasteiger partial charge >= 0.3 is 11.9 Å². The van der Waals surface area contributed by atoms with Crippen LogP contribution in [0.1, 0.15) is 32.1 Å². The third-order valence-electron chi connectivity index (χ3n) is 3.77. The lowest BCUT2D eigenvalue weighted by molar-refractivity contribution is -0.142. The first-order valence-corrected chi connectivity index (χ1v) is 8.97. The molecule has 3 atom stereocenters. The highest BCUT2D eigenvalue weighted by Gasteiger charge is 2.26. The molecule has 11 N–H and O–H groups in total. The number of carbonyl (C=O) groups is 7. The molecule has 15 heteroatoms. The second-order valence-electron chi connectivity index (χ2n) is 6.45. The van der Waals surface area contributed by atoms with E-state index >= 15 is 0 Å². The summed E-state index contributed by atoms with van der Waals surface area (Å²) in [6, 6.07) is -4.20. The van der Waals surface area contributed by atoms with Gasteiger partial charge in [-0.3, -0.25) is 28.8 Å². The average molecular weight is 446 g/mol. The van der Waals surface area contributed by atoms with Gasteiger partial charge in [0.1, 0.15) is 12.1 Å². The Morgan fingerprint density at radius 3 is 1.84 bits per heavy atom. The number of nitrogens with one attached hydrogen (secondary N) is 3. The Bertz CT molecular complexity index is 726. The lowest BCUT2D eigenvalue weighted by Gasteiger charge is -2.20. The number of carboxylic acids is 2. The zero-order valence-electron chi connectivity index (χ0n) is 16.5. The van der Waals surface area contributed by atoms with E-state index in [1.165, 1.54) is 0 Å². The highest BCUT2D eigenvalue weighted by molar-refractivity contribution is 5.94. The fourth-order valence-corrected chi connectivity index (χ4v) is 2.20. The normalized spacial score (nSPS) is 13.2. The molecule has 0 radical (unpaired) electrons. The molecule has 0 aliphatic carbocycles. The van der Waals surface area contributed by atoms with Crippen LogP contribution < -0.4 is 33.2 Å². The van der Waals surface area contributed by atoms with Crippen molar-refractivity contribution in [1.29, 1.82) is 0 Å². The lowest BCUT2D eigenvalue weighted by atomic mass is 10.1. The minimum absolute atomic E-state index is 0.264. The van der Waals surface area contributed by atoms with E-state index in [2.05, 4.69) is 16.0 Å². The number of carboxylic acid groups (broad SMARTS) is 2. The van der Waals surface area contributed by atoms with Gasteiger partial charge in [0.2, 0.25) is 29.5 Å². The Morgan fingerprint density at radius 1 is 0.774 bits per heavy atom. The molecule has 3 unspecified atom stereocenters. The van der Waals surface area contributed by atoms with Gasteiger partial charge in [-0.15, -0.1) is 0 Å². The molecular formula is C16H26N6O9. The monoisotopic (exact) mass is 446 g/mol. The molecule has 15 nitrogen and oxygen atoms in total. The first-order valence-electron chi connectivity index (χ1n) is 8.97. The second-order valence-corrected chi connectivity index (χ2v) is 6.45. The van der Waals surface area contributed by atoms with E-state index in [9.17, 15) is 33.6 Å². The van der Waals surface area contributed by atoms with E-state index in [0.29, 0.717) is 0 Å². The minimum Gasteiger partial charge on any atom is -0.481 e. The summed E-state index contributed by atoms with van der Waals surface area (Å²) in [5.41, 5.74) is 15.3. The Balaban J connectivity index is 4.92. The van der Waals surface area contributed by atoms with Crippen molar-refractivity contribution in [3.05, 3.63) is 0 Å². The second kappa shape index (κ2) is 13.5. The van der Waals surface area contributed by atoms with Crippen LogP contribution in [0.3, 0.4) is 0 Å². The molecule has 0 aliphatic rings. The fourth-order valence-electron chi connectivity index (χ4n) is 2.20. The maximum atomic E-state index is 12.3. The maximum absolute atomic E-state index is 12.3. The summed E-state index contributed by atoms with van der Waals surface area (Å²) in [7, 11) is 0. The van der Waals surface area contributed by atoms with Crippen molar-refractivity contribution in [2.75, 3.05) is 6.54 Å². The SMILES string of the molecule is NC(=O)CCC(NC(=O)CNC(=O)C(CCC(=O)O)NC(=O)C(N)CC(N)=O)C(=O)O. The number of primary amides is 2. The van der Waals surface area contributed by atoms with Gasteiger partial charge in [-0.25, -0.2) is 4.79 Å². The predicted molar refractivity (Wildman–Crippen MR) is 102 cm³/mol. The summed E-state index contributed by atoms with van der Waals surface area (Å²) in [5.74, 6) is -7.11. The molecule has 0 heterocycles. The van der Waals surface area contributed by atoms with E-state index in [-0.39, 0.29) is 19.3 Å². The van der Waals surface area contributed by atoms with Crippen LogP contribution in [0.15, 0.2) is 0 Å². The molecular weight excluding hydrogens is 420 g/mol. The number of nitrogens with two attached hydrogens (primary N) is 3. The first kappa shape index (κ1) is 27.2. The molecule has 0 saturated heterocycles. The fraction of sp³-hybridized carbons (Fsp3) is 0.562. The standard InChI is InChI=1S/C16H26N6O9/c17-7(5-11(19)24)14(28)22-8(2-4-13(26)27)15(29)20-6-12(25)21-9(16(30)31)1-3-10(18)23/h7-9H,1-6,17H2,(H2,18,23)(H2,19,24)(H,20,29)(H,21,25)(H,22,28)(H,26,27)(H,30,31). The molecule has 0 aromatic carbocycles. The van der Waals surface area contributed by atoms with Crippen LogP contribution in [-0.4, -0.2) is 76.4 Å². The molecule has 0 bridgehead atoms. The third-order valence-corrected chi connectivity index (χ3v) is 3.77. The smallest absolute Gasteiger partial charge is 0.326 e. The van der Waals surface area contributed by atoms with Crippen LogP contribution >= 0.6 is 0 Å². The highest BCUT2D eigenvalue weighted by atomic mass is 16.4. The van der Waals surface area contributed by atoms with Gasteiger partial charge in [-0.1, -0.05) is 0 Å². The summed E-state index contributed by atoms with van der Waals surface area (Å²) in [6.45, 7) is -0.702. The highest BCUT2D eigenvalue weighted by Crippen LogP contribution is 2.01. The number of carbonyl (C=O) groups excluding carboxylic acids is 5. The number of amides is 5. The molecule has 5 amide bonds. The van der Waals surface area contributed by atoms with E-state index in [4.69, 9.17) is 27.4 Å². The third kappa shape index (κ3) is 12.4. The van der Waals surface area contributed by atoms with Crippen LogP contribution in [0.25, 0.3) is 0 Å². The Kier molecular flexibility index (Phi) is 11.8. The molecule has 0 saturated carbocycles. The van der Waals surface area contributed by atoms with Crippen molar-refractivity contribution in [2.24, 2.45) is 17.2 Å². The van der Waals surface area contributed by atoms with E-state index in [1.54, 1.807) is 0 Å². The zero-order valence-corrected chi connectivity index (χ0v) is 16.5. The van der Waals surface area contributed by atoms with E-state index in [0.717, 1.165) is 0 Å². The molecule has 0 fully saturated rings. The molecule has 0 aromatic heterocycles. The summed E-state index contributed by atoms with van der Waals surface area (Å²) in [6.07, 6.45) is -1.93. The maximum Gasteiger partial charge on any atom is 0.326 e. The van der Waals surface area contributed by atoms with Gasteiger partial charge in [0.05, 0.1) is 19.0 Å².